The van der Waals surface area contributed by atoms with Gasteiger partial charge < -0.3 is 9.53 Å². The minimum Gasteiger partial charge on any atom is -0.371 e. The molecule has 0 aliphatic heterocycles. The van der Waals surface area contributed by atoms with Gasteiger partial charge in [-0.25, -0.2) is 0 Å². The normalized spacial score (nSPS) is 14.8. The summed E-state index contributed by atoms with van der Waals surface area (Å²) in [6.45, 7) is 1.76. The molecule has 14 heavy (non-hydrogen) atoms. The predicted octanol–water partition coefficient (Wildman–Crippen LogP) is 2.49. The first-order chi connectivity index (χ1) is 6.59. The second kappa shape index (κ2) is 4.58. The van der Waals surface area contributed by atoms with Gasteiger partial charge in [-0.3, -0.25) is 0 Å². The molecule has 1 unspecified atom stereocenters. The largest absolute Gasteiger partial charge is 0.371 e. The fourth-order valence-electron chi connectivity index (χ4n) is 1.17. The summed E-state index contributed by atoms with van der Waals surface area (Å²) in [4.78, 5) is 10.8. The standard InChI is InChI=1S/C11H13ClO2/c1-11(8-13,14-2)7-9-3-5-10(12)6-4-9/h3-6,8H,7H2,1-2H3. The van der Waals surface area contributed by atoms with E-state index in [1.807, 2.05) is 12.1 Å². The number of hydrogen-bond acceptors (Lipinski definition) is 2. The molecule has 0 saturated carbocycles. The number of aldehydes is 1. The number of carbonyl (C=O) groups is 1. The van der Waals surface area contributed by atoms with Crippen LogP contribution in [-0.2, 0) is 16.0 Å². The zero-order chi connectivity index (χ0) is 10.6. The number of halogens is 1. The Labute approximate surface area is 88.8 Å². The molecular formula is C11H13ClO2. The molecule has 0 aliphatic rings. The molecule has 76 valence electrons. The van der Waals surface area contributed by atoms with E-state index in [-0.39, 0.29) is 0 Å². The molecule has 0 spiro atoms. The fraction of sp³-hybridized carbons (Fsp3) is 0.364. The van der Waals surface area contributed by atoms with Gasteiger partial charge in [0.05, 0.1) is 0 Å². The number of hydrogen-bond donors (Lipinski definition) is 0. The van der Waals surface area contributed by atoms with Crippen LogP contribution in [0.2, 0.25) is 5.02 Å². The summed E-state index contributed by atoms with van der Waals surface area (Å²) in [5.74, 6) is 0. The van der Waals surface area contributed by atoms with Crippen LogP contribution in [0.5, 0.6) is 0 Å². The van der Waals surface area contributed by atoms with E-state index >= 15 is 0 Å². The zero-order valence-electron chi connectivity index (χ0n) is 8.29. The van der Waals surface area contributed by atoms with Crippen molar-refractivity contribution in [3.63, 3.8) is 0 Å². The molecule has 0 saturated heterocycles. The Morgan fingerprint density at radius 2 is 2.00 bits per heavy atom. The SMILES string of the molecule is COC(C)(C=O)Cc1ccc(Cl)cc1. The number of methoxy groups -OCH3 is 1. The Kier molecular flexibility index (Phi) is 3.67. The molecule has 0 fully saturated rings. The lowest BCUT2D eigenvalue weighted by molar-refractivity contribution is -0.125. The molecule has 0 bridgehead atoms. The van der Waals surface area contributed by atoms with Crippen LogP contribution in [0.25, 0.3) is 0 Å². The summed E-state index contributed by atoms with van der Waals surface area (Å²) in [6.07, 6.45) is 1.38. The molecule has 1 aromatic carbocycles. The van der Waals surface area contributed by atoms with Crippen molar-refractivity contribution in [3.8, 4) is 0 Å². The summed E-state index contributed by atoms with van der Waals surface area (Å²) in [5.41, 5.74) is 0.291. The highest BCUT2D eigenvalue weighted by Crippen LogP contribution is 2.16. The Bertz CT molecular complexity index is 308. The number of rotatable bonds is 4. The van der Waals surface area contributed by atoms with Crippen molar-refractivity contribution in [2.45, 2.75) is 18.9 Å². The average molecular weight is 213 g/mol. The topological polar surface area (TPSA) is 26.3 Å². The number of ether oxygens (including phenoxy) is 1. The summed E-state index contributed by atoms with van der Waals surface area (Å²) < 4.78 is 5.12. The summed E-state index contributed by atoms with van der Waals surface area (Å²) >= 11 is 5.75. The molecule has 0 radical (unpaired) electrons. The second-order valence-corrected chi connectivity index (χ2v) is 3.87. The van der Waals surface area contributed by atoms with Crippen molar-refractivity contribution in [3.05, 3.63) is 34.9 Å². The van der Waals surface area contributed by atoms with Crippen molar-refractivity contribution in [2.24, 2.45) is 0 Å². The predicted molar refractivity (Wildman–Crippen MR) is 56.6 cm³/mol. The smallest absolute Gasteiger partial charge is 0.151 e. The Morgan fingerprint density at radius 3 is 2.43 bits per heavy atom. The van der Waals surface area contributed by atoms with Crippen molar-refractivity contribution < 1.29 is 9.53 Å². The Balaban J connectivity index is 2.77. The highest BCUT2D eigenvalue weighted by molar-refractivity contribution is 6.30. The van der Waals surface area contributed by atoms with E-state index in [1.165, 1.54) is 7.11 Å². The van der Waals surface area contributed by atoms with E-state index in [0.29, 0.717) is 11.4 Å². The van der Waals surface area contributed by atoms with Gasteiger partial charge in [-0.05, 0) is 24.6 Å². The van der Waals surface area contributed by atoms with Gasteiger partial charge in [-0.15, -0.1) is 0 Å². The lowest BCUT2D eigenvalue weighted by Gasteiger charge is -2.21. The van der Waals surface area contributed by atoms with Gasteiger partial charge >= 0.3 is 0 Å². The number of benzene rings is 1. The summed E-state index contributed by atoms with van der Waals surface area (Å²) in [5, 5.41) is 0.693. The van der Waals surface area contributed by atoms with Gasteiger partial charge in [0.2, 0.25) is 0 Å². The molecule has 1 aromatic rings. The first-order valence-corrected chi connectivity index (χ1v) is 4.73. The van der Waals surface area contributed by atoms with Crippen LogP contribution < -0.4 is 0 Å². The first-order valence-electron chi connectivity index (χ1n) is 4.35. The molecule has 0 amide bonds. The monoisotopic (exact) mass is 212 g/mol. The van der Waals surface area contributed by atoms with Crippen LogP contribution in [0, 0.1) is 0 Å². The van der Waals surface area contributed by atoms with Crippen molar-refractivity contribution >= 4 is 17.9 Å². The molecule has 0 N–H and O–H groups in total. The maximum atomic E-state index is 10.8. The van der Waals surface area contributed by atoms with Crippen molar-refractivity contribution in [2.75, 3.05) is 7.11 Å². The third kappa shape index (κ3) is 2.82. The lowest BCUT2D eigenvalue weighted by Crippen LogP contribution is -2.31. The van der Waals surface area contributed by atoms with Crippen molar-refractivity contribution in [1.29, 1.82) is 0 Å². The van der Waals surface area contributed by atoms with Crippen LogP contribution in [-0.4, -0.2) is 19.0 Å². The molecule has 0 heterocycles. The van der Waals surface area contributed by atoms with Crippen LogP contribution in [0.4, 0.5) is 0 Å². The van der Waals surface area contributed by atoms with Gasteiger partial charge in [0.15, 0.2) is 6.29 Å². The van der Waals surface area contributed by atoms with E-state index in [9.17, 15) is 4.79 Å². The molecule has 2 nitrogen and oxygen atoms in total. The second-order valence-electron chi connectivity index (χ2n) is 3.44. The summed E-state index contributed by atoms with van der Waals surface area (Å²) in [7, 11) is 1.53. The van der Waals surface area contributed by atoms with Gasteiger partial charge in [0, 0.05) is 18.6 Å². The van der Waals surface area contributed by atoms with Crippen LogP contribution >= 0.6 is 11.6 Å². The highest BCUT2D eigenvalue weighted by atomic mass is 35.5. The molecule has 1 atom stereocenters. The number of carbonyl (C=O) groups excluding carboxylic acids is 1. The van der Waals surface area contributed by atoms with Crippen LogP contribution in [0.3, 0.4) is 0 Å². The third-order valence-electron chi connectivity index (χ3n) is 2.18. The molecule has 1 rings (SSSR count). The minimum atomic E-state index is -0.742. The van der Waals surface area contributed by atoms with Gasteiger partial charge in [0.1, 0.15) is 5.60 Å². The maximum Gasteiger partial charge on any atom is 0.151 e. The van der Waals surface area contributed by atoms with E-state index in [1.54, 1.807) is 19.1 Å². The first kappa shape index (κ1) is 11.2. The van der Waals surface area contributed by atoms with E-state index < -0.39 is 5.60 Å². The highest BCUT2D eigenvalue weighted by Gasteiger charge is 2.22. The van der Waals surface area contributed by atoms with Gasteiger partial charge in [-0.1, -0.05) is 23.7 Å². The van der Waals surface area contributed by atoms with E-state index in [0.717, 1.165) is 11.8 Å². The van der Waals surface area contributed by atoms with Gasteiger partial charge in [-0.2, -0.15) is 0 Å². The van der Waals surface area contributed by atoms with E-state index in [2.05, 4.69) is 0 Å². The molecule has 0 aromatic heterocycles. The quantitative estimate of drug-likeness (QED) is 0.717. The van der Waals surface area contributed by atoms with Gasteiger partial charge in [0.25, 0.3) is 0 Å². The van der Waals surface area contributed by atoms with E-state index in [4.69, 9.17) is 16.3 Å². The minimum absolute atomic E-state index is 0.560. The Hall–Kier alpha value is -0.860. The average Bonchev–Trinajstić information content (AvgIpc) is 2.21. The fourth-order valence-corrected chi connectivity index (χ4v) is 1.30. The Morgan fingerprint density at radius 1 is 1.43 bits per heavy atom. The molecular weight excluding hydrogens is 200 g/mol. The van der Waals surface area contributed by atoms with Crippen molar-refractivity contribution in [1.82, 2.24) is 0 Å². The summed E-state index contributed by atoms with van der Waals surface area (Å²) in [6, 6.07) is 7.39. The zero-order valence-corrected chi connectivity index (χ0v) is 9.04. The molecule has 0 aliphatic carbocycles. The van der Waals surface area contributed by atoms with Crippen LogP contribution in [0.1, 0.15) is 12.5 Å². The molecule has 3 heteroatoms. The maximum absolute atomic E-state index is 10.8. The lowest BCUT2D eigenvalue weighted by atomic mass is 9.98. The third-order valence-corrected chi connectivity index (χ3v) is 2.44. The van der Waals surface area contributed by atoms with Crippen LogP contribution in [0.15, 0.2) is 24.3 Å².